The number of fused-ring (bicyclic) bond motifs is 1. The van der Waals surface area contributed by atoms with Crippen molar-refractivity contribution in [2.45, 2.75) is 6.92 Å². The van der Waals surface area contributed by atoms with Crippen molar-refractivity contribution in [1.29, 1.82) is 0 Å². The lowest BCUT2D eigenvalue weighted by atomic mass is 10.1. The van der Waals surface area contributed by atoms with E-state index in [-0.39, 0.29) is 18.2 Å². The summed E-state index contributed by atoms with van der Waals surface area (Å²) in [5.41, 5.74) is 3.35. The molecule has 1 amide bonds. The minimum absolute atomic E-state index is 0.0503. The monoisotopic (exact) mass is 437 g/mol. The number of nitro benzene ring substituents is 1. The molecule has 4 rings (SSSR count). The van der Waals surface area contributed by atoms with Crippen molar-refractivity contribution in [3.05, 3.63) is 81.4 Å². The van der Waals surface area contributed by atoms with E-state index in [2.05, 4.69) is 10.3 Å². The van der Waals surface area contributed by atoms with Crippen molar-refractivity contribution in [2.24, 2.45) is 0 Å². The van der Waals surface area contributed by atoms with Gasteiger partial charge in [0.2, 0.25) is 5.89 Å². The molecule has 0 unspecified atom stereocenters. The summed E-state index contributed by atoms with van der Waals surface area (Å²) < 4.78 is 11.2. The number of nitro groups is 1. The highest BCUT2D eigenvalue weighted by molar-refractivity contribution is 6.31. The number of oxazole rings is 1. The van der Waals surface area contributed by atoms with Crippen LogP contribution in [-0.4, -0.2) is 22.4 Å². The molecule has 156 valence electrons. The van der Waals surface area contributed by atoms with Gasteiger partial charge in [0.1, 0.15) is 11.3 Å². The maximum Gasteiger partial charge on any atom is 0.269 e. The fourth-order valence-electron chi connectivity index (χ4n) is 2.91. The van der Waals surface area contributed by atoms with Gasteiger partial charge in [-0.1, -0.05) is 17.7 Å². The number of non-ortho nitro benzene ring substituents is 1. The summed E-state index contributed by atoms with van der Waals surface area (Å²) in [7, 11) is 0. The molecule has 0 radical (unpaired) electrons. The number of aromatic nitrogens is 1. The Morgan fingerprint density at radius 2 is 1.94 bits per heavy atom. The fourth-order valence-corrected chi connectivity index (χ4v) is 3.08. The van der Waals surface area contributed by atoms with Gasteiger partial charge in [-0.15, -0.1) is 0 Å². The molecule has 4 aromatic rings. The minimum Gasteiger partial charge on any atom is -0.484 e. The molecule has 0 spiro atoms. The average Bonchev–Trinajstić information content (AvgIpc) is 3.17. The Hall–Kier alpha value is -3.91. The summed E-state index contributed by atoms with van der Waals surface area (Å²) in [6.45, 7) is 1.62. The van der Waals surface area contributed by atoms with E-state index in [9.17, 15) is 14.9 Å². The molecule has 0 aliphatic carbocycles. The summed E-state index contributed by atoms with van der Waals surface area (Å²) >= 11 is 6.00. The second-order valence-corrected chi connectivity index (χ2v) is 7.19. The number of carbonyl (C=O) groups excluding carboxylic acids is 1. The van der Waals surface area contributed by atoms with E-state index in [1.54, 1.807) is 24.3 Å². The zero-order chi connectivity index (χ0) is 22.0. The number of aryl methyl sites for hydroxylation is 1. The van der Waals surface area contributed by atoms with Crippen LogP contribution in [0, 0.1) is 17.0 Å². The second kappa shape index (κ2) is 8.45. The van der Waals surface area contributed by atoms with Gasteiger partial charge in [-0.25, -0.2) is 4.98 Å². The number of rotatable bonds is 6. The van der Waals surface area contributed by atoms with Crippen LogP contribution >= 0.6 is 11.6 Å². The Labute approximate surface area is 181 Å². The summed E-state index contributed by atoms with van der Waals surface area (Å²) in [5, 5.41) is 14.1. The van der Waals surface area contributed by atoms with Gasteiger partial charge >= 0.3 is 0 Å². The smallest absolute Gasteiger partial charge is 0.269 e. The van der Waals surface area contributed by atoms with Crippen LogP contribution in [0.1, 0.15) is 5.56 Å². The van der Waals surface area contributed by atoms with Crippen LogP contribution in [-0.2, 0) is 4.79 Å². The molecule has 0 bridgehead atoms. The number of anilines is 1. The Morgan fingerprint density at radius 3 is 2.68 bits per heavy atom. The summed E-state index contributed by atoms with van der Waals surface area (Å²) in [4.78, 5) is 27.0. The lowest BCUT2D eigenvalue weighted by molar-refractivity contribution is -0.384. The Balaban J connectivity index is 1.46. The number of nitrogens with zero attached hydrogens (tertiary/aromatic N) is 2. The molecule has 8 nitrogen and oxygen atoms in total. The third-order valence-electron chi connectivity index (χ3n) is 4.53. The van der Waals surface area contributed by atoms with Gasteiger partial charge in [0.15, 0.2) is 12.2 Å². The number of carbonyl (C=O) groups is 1. The zero-order valence-corrected chi connectivity index (χ0v) is 17.1. The van der Waals surface area contributed by atoms with E-state index in [1.165, 1.54) is 24.3 Å². The molecule has 1 heterocycles. The number of benzene rings is 3. The molecule has 1 aromatic heterocycles. The van der Waals surface area contributed by atoms with Crippen LogP contribution < -0.4 is 10.1 Å². The topological polar surface area (TPSA) is 108 Å². The molecule has 31 heavy (non-hydrogen) atoms. The van der Waals surface area contributed by atoms with Crippen molar-refractivity contribution >= 4 is 40.0 Å². The normalized spacial score (nSPS) is 10.8. The van der Waals surface area contributed by atoms with Crippen molar-refractivity contribution < 1.29 is 18.9 Å². The molecule has 0 aliphatic rings. The highest BCUT2D eigenvalue weighted by Gasteiger charge is 2.13. The first-order valence-electron chi connectivity index (χ1n) is 9.23. The molecule has 9 heteroatoms. The average molecular weight is 438 g/mol. The van der Waals surface area contributed by atoms with Gasteiger partial charge in [-0.2, -0.15) is 0 Å². The summed E-state index contributed by atoms with van der Waals surface area (Å²) in [5.74, 6) is 0.397. The first-order valence-corrected chi connectivity index (χ1v) is 9.61. The molecular weight excluding hydrogens is 422 g/mol. The van der Waals surface area contributed by atoms with E-state index in [0.29, 0.717) is 39.0 Å². The standard InChI is InChI=1S/C22H16ClN3O5/c1-13-2-3-14(22-25-19-11-15(23)4-9-20(19)31-22)10-18(13)24-21(27)12-30-17-7-5-16(6-8-17)26(28)29/h2-11H,12H2,1H3,(H,24,27). The van der Waals surface area contributed by atoms with Crippen LogP contribution in [0.2, 0.25) is 5.02 Å². The Morgan fingerprint density at radius 1 is 1.16 bits per heavy atom. The second-order valence-electron chi connectivity index (χ2n) is 6.75. The van der Waals surface area contributed by atoms with Crippen LogP contribution in [0.4, 0.5) is 11.4 Å². The van der Waals surface area contributed by atoms with Crippen LogP contribution in [0.15, 0.2) is 65.1 Å². The highest BCUT2D eigenvalue weighted by atomic mass is 35.5. The van der Waals surface area contributed by atoms with E-state index in [1.807, 2.05) is 19.1 Å². The lowest BCUT2D eigenvalue weighted by Crippen LogP contribution is -2.20. The van der Waals surface area contributed by atoms with Gasteiger partial charge in [0, 0.05) is 28.4 Å². The maximum atomic E-state index is 12.3. The molecule has 0 atom stereocenters. The Bertz CT molecular complexity index is 1280. The Kier molecular flexibility index (Phi) is 5.55. The predicted octanol–water partition coefficient (Wildman–Crippen LogP) is 5.38. The minimum atomic E-state index is -0.502. The van der Waals surface area contributed by atoms with Gasteiger partial charge in [0.05, 0.1) is 4.92 Å². The summed E-state index contributed by atoms with van der Waals surface area (Å²) in [6.07, 6.45) is 0. The number of halogens is 1. The SMILES string of the molecule is Cc1ccc(-c2nc3cc(Cl)ccc3o2)cc1NC(=O)COc1ccc([N+](=O)[O-])cc1. The number of hydrogen-bond donors (Lipinski definition) is 1. The zero-order valence-electron chi connectivity index (χ0n) is 16.3. The maximum absolute atomic E-state index is 12.3. The first-order chi connectivity index (χ1) is 14.9. The van der Waals surface area contributed by atoms with E-state index in [0.717, 1.165) is 5.56 Å². The van der Waals surface area contributed by atoms with E-state index < -0.39 is 4.92 Å². The molecule has 3 aromatic carbocycles. The van der Waals surface area contributed by atoms with Gasteiger partial charge in [0.25, 0.3) is 11.6 Å². The summed E-state index contributed by atoms with van der Waals surface area (Å²) in [6, 6.07) is 16.2. The highest BCUT2D eigenvalue weighted by Crippen LogP contribution is 2.29. The van der Waals surface area contributed by atoms with Gasteiger partial charge in [-0.3, -0.25) is 14.9 Å². The van der Waals surface area contributed by atoms with E-state index >= 15 is 0 Å². The molecule has 1 N–H and O–H groups in total. The molecule has 0 aliphatic heterocycles. The quantitative estimate of drug-likeness (QED) is 0.320. The number of ether oxygens (including phenoxy) is 1. The third-order valence-corrected chi connectivity index (χ3v) is 4.76. The number of amides is 1. The van der Waals surface area contributed by atoms with Crippen molar-refractivity contribution in [2.75, 3.05) is 11.9 Å². The number of hydrogen-bond acceptors (Lipinski definition) is 6. The van der Waals surface area contributed by atoms with Crippen LogP contribution in [0.5, 0.6) is 5.75 Å². The molecule has 0 saturated heterocycles. The molecule has 0 saturated carbocycles. The fraction of sp³-hybridized carbons (Fsp3) is 0.0909. The number of nitrogens with one attached hydrogen (secondary N) is 1. The van der Waals surface area contributed by atoms with Crippen molar-refractivity contribution in [1.82, 2.24) is 4.98 Å². The largest absolute Gasteiger partial charge is 0.484 e. The van der Waals surface area contributed by atoms with Gasteiger partial charge in [-0.05, 0) is 55.0 Å². The van der Waals surface area contributed by atoms with Crippen LogP contribution in [0.25, 0.3) is 22.6 Å². The molecular formula is C22H16ClN3O5. The third kappa shape index (κ3) is 4.65. The van der Waals surface area contributed by atoms with Crippen molar-refractivity contribution in [3.8, 4) is 17.2 Å². The lowest BCUT2D eigenvalue weighted by Gasteiger charge is -2.10. The van der Waals surface area contributed by atoms with E-state index in [4.69, 9.17) is 20.8 Å². The van der Waals surface area contributed by atoms with Gasteiger partial charge < -0.3 is 14.5 Å². The first kappa shape index (κ1) is 20.4. The van der Waals surface area contributed by atoms with Crippen molar-refractivity contribution in [3.63, 3.8) is 0 Å². The molecule has 0 fully saturated rings. The van der Waals surface area contributed by atoms with Crippen LogP contribution in [0.3, 0.4) is 0 Å². The predicted molar refractivity (Wildman–Crippen MR) is 116 cm³/mol.